The molecule has 4 nitrogen and oxygen atoms in total. The number of piperidine rings is 1. The molecule has 1 fully saturated rings. The summed E-state index contributed by atoms with van der Waals surface area (Å²) in [6, 6.07) is 14.8. The van der Waals surface area contributed by atoms with Crippen molar-refractivity contribution in [3.8, 4) is 5.75 Å². The fraction of sp³-hybridized carbons (Fsp3) is 0.381. The Morgan fingerprint density at radius 3 is 2.85 bits per heavy atom. The van der Waals surface area contributed by atoms with Gasteiger partial charge in [-0.3, -0.25) is 5.32 Å². The molecule has 1 atom stereocenters. The number of anilines is 1. The molecule has 0 aromatic heterocycles. The van der Waals surface area contributed by atoms with E-state index in [4.69, 9.17) is 16.3 Å². The lowest BCUT2D eigenvalue weighted by atomic mass is 9.90. The molecular formula is C21H25ClN2O2. The molecule has 1 heterocycles. The van der Waals surface area contributed by atoms with Crippen molar-refractivity contribution in [3.63, 3.8) is 0 Å². The molecule has 1 amide bonds. The van der Waals surface area contributed by atoms with E-state index < -0.39 is 6.09 Å². The van der Waals surface area contributed by atoms with Crippen LogP contribution in [0, 0.1) is 0 Å². The first-order chi connectivity index (χ1) is 12.6. The quantitative estimate of drug-likeness (QED) is 0.749. The van der Waals surface area contributed by atoms with Gasteiger partial charge in [-0.05, 0) is 80.2 Å². The van der Waals surface area contributed by atoms with Gasteiger partial charge < -0.3 is 9.64 Å². The van der Waals surface area contributed by atoms with Crippen molar-refractivity contribution in [1.29, 1.82) is 0 Å². The number of carbonyl (C=O) groups is 1. The molecule has 5 heteroatoms. The number of likely N-dealkylation sites (tertiary alicyclic amines) is 1. The maximum absolute atomic E-state index is 12.1. The van der Waals surface area contributed by atoms with E-state index in [0.717, 1.165) is 13.1 Å². The highest BCUT2D eigenvalue weighted by Crippen LogP contribution is 2.29. The van der Waals surface area contributed by atoms with E-state index in [9.17, 15) is 4.79 Å². The number of carbonyl (C=O) groups excluding carboxylic acids is 1. The van der Waals surface area contributed by atoms with Crippen molar-refractivity contribution >= 4 is 23.4 Å². The van der Waals surface area contributed by atoms with Gasteiger partial charge in [-0.2, -0.15) is 0 Å². The fourth-order valence-electron chi connectivity index (χ4n) is 3.46. The zero-order valence-corrected chi connectivity index (χ0v) is 15.8. The number of hydrogen-bond acceptors (Lipinski definition) is 3. The third kappa shape index (κ3) is 5.23. The van der Waals surface area contributed by atoms with Crippen LogP contribution in [-0.4, -0.2) is 30.6 Å². The van der Waals surface area contributed by atoms with Crippen molar-refractivity contribution in [2.75, 3.05) is 25.0 Å². The lowest BCUT2D eigenvalue weighted by Crippen LogP contribution is -2.34. The summed E-state index contributed by atoms with van der Waals surface area (Å²) in [6.45, 7) is 5.63. The Bertz CT molecular complexity index is 731. The molecule has 0 aliphatic carbocycles. The first-order valence-corrected chi connectivity index (χ1v) is 9.58. The summed E-state index contributed by atoms with van der Waals surface area (Å²) in [5.74, 6) is 1.07. The highest BCUT2D eigenvalue weighted by atomic mass is 35.5. The van der Waals surface area contributed by atoms with E-state index >= 15 is 0 Å². The van der Waals surface area contributed by atoms with Crippen molar-refractivity contribution in [1.82, 2.24) is 4.90 Å². The summed E-state index contributed by atoms with van der Waals surface area (Å²) in [7, 11) is 0. The van der Waals surface area contributed by atoms with Gasteiger partial charge in [0.05, 0.1) is 0 Å². The molecule has 1 aliphatic rings. The van der Waals surface area contributed by atoms with Crippen molar-refractivity contribution < 1.29 is 9.53 Å². The summed E-state index contributed by atoms with van der Waals surface area (Å²) in [6.07, 6.45) is 3.08. The number of nitrogens with one attached hydrogen (secondary N) is 1. The number of ether oxygens (including phenoxy) is 1. The minimum absolute atomic E-state index is 0.498. The number of amides is 1. The second-order valence-corrected chi connectivity index (χ2v) is 7.17. The van der Waals surface area contributed by atoms with Gasteiger partial charge >= 0.3 is 6.09 Å². The van der Waals surface area contributed by atoms with E-state index in [0.29, 0.717) is 22.4 Å². The molecule has 138 valence electrons. The van der Waals surface area contributed by atoms with Crippen LogP contribution in [0.5, 0.6) is 5.75 Å². The largest absolute Gasteiger partial charge is 0.417 e. The maximum atomic E-state index is 12.1. The number of nitrogens with zero attached hydrogens (tertiary/aromatic N) is 1. The van der Waals surface area contributed by atoms with E-state index in [1.54, 1.807) is 24.3 Å². The standard InChI is InChI=1S/C21H25ClN2O2/c1-2-12-24-13-4-6-17(15-24)16-5-3-7-20(14-16)26-21(25)23-19-10-8-18(22)9-11-19/h3,5,7-11,14,17H,2,4,6,12-13,15H2,1H3,(H,23,25). The molecule has 0 radical (unpaired) electrons. The second kappa shape index (κ2) is 9.06. The highest BCUT2D eigenvalue weighted by Gasteiger charge is 2.21. The summed E-state index contributed by atoms with van der Waals surface area (Å²) in [5.41, 5.74) is 1.89. The van der Waals surface area contributed by atoms with Gasteiger partial charge in [0.15, 0.2) is 0 Å². The number of halogens is 1. The highest BCUT2D eigenvalue weighted by molar-refractivity contribution is 6.30. The minimum atomic E-state index is -0.499. The fourth-order valence-corrected chi connectivity index (χ4v) is 3.59. The van der Waals surface area contributed by atoms with E-state index in [-0.39, 0.29) is 0 Å². The van der Waals surface area contributed by atoms with Crippen LogP contribution in [0.2, 0.25) is 5.02 Å². The van der Waals surface area contributed by atoms with Crippen molar-refractivity contribution in [2.24, 2.45) is 0 Å². The molecule has 2 aromatic rings. The van der Waals surface area contributed by atoms with Crippen LogP contribution in [0.25, 0.3) is 0 Å². The van der Waals surface area contributed by atoms with E-state index in [1.807, 2.05) is 18.2 Å². The molecule has 0 spiro atoms. The minimum Gasteiger partial charge on any atom is -0.410 e. The summed E-state index contributed by atoms with van der Waals surface area (Å²) >= 11 is 5.85. The Morgan fingerprint density at radius 2 is 2.08 bits per heavy atom. The van der Waals surface area contributed by atoms with Crippen LogP contribution in [0.15, 0.2) is 48.5 Å². The first kappa shape index (κ1) is 18.7. The number of benzene rings is 2. The lowest BCUT2D eigenvalue weighted by Gasteiger charge is -2.32. The third-order valence-electron chi connectivity index (χ3n) is 4.68. The number of hydrogen-bond donors (Lipinski definition) is 1. The van der Waals surface area contributed by atoms with E-state index in [2.05, 4.69) is 23.2 Å². The lowest BCUT2D eigenvalue weighted by molar-refractivity contribution is 0.207. The Hall–Kier alpha value is -2.04. The van der Waals surface area contributed by atoms with Gasteiger partial charge in [-0.1, -0.05) is 30.7 Å². The second-order valence-electron chi connectivity index (χ2n) is 6.73. The van der Waals surface area contributed by atoms with Gasteiger partial charge in [-0.15, -0.1) is 0 Å². The Kier molecular flexibility index (Phi) is 6.53. The molecular weight excluding hydrogens is 348 g/mol. The normalized spacial score (nSPS) is 17.7. The smallest absolute Gasteiger partial charge is 0.410 e. The van der Waals surface area contributed by atoms with Gasteiger partial charge in [0.25, 0.3) is 0 Å². The molecule has 1 unspecified atom stereocenters. The van der Waals surface area contributed by atoms with Crippen molar-refractivity contribution in [2.45, 2.75) is 32.1 Å². The third-order valence-corrected chi connectivity index (χ3v) is 4.93. The van der Waals surface area contributed by atoms with Gasteiger partial charge in [0, 0.05) is 17.3 Å². The Morgan fingerprint density at radius 1 is 1.27 bits per heavy atom. The van der Waals surface area contributed by atoms with Crippen LogP contribution in [-0.2, 0) is 0 Å². The summed E-state index contributed by atoms with van der Waals surface area (Å²) < 4.78 is 5.46. The average molecular weight is 373 g/mol. The van der Waals surface area contributed by atoms with Crippen LogP contribution < -0.4 is 10.1 Å². The van der Waals surface area contributed by atoms with Crippen LogP contribution in [0.1, 0.15) is 37.7 Å². The van der Waals surface area contributed by atoms with Gasteiger partial charge in [-0.25, -0.2) is 4.79 Å². The first-order valence-electron chi connectivity index (χ1n) is 9.21. The molecule has 0 saturated carbocycles. The molecule has 0 bridgehead atoms. The van der Waals surface area contributed by atoms with Gasteiger partial charge in [0.2, 0.25) is 0 Å². The van der Waals surface area contributed by atoms with Crippen LogP contribution in [0.3, 0.4) is 0 Å². The summed E-state index contributed by atoms with van der Waals surface area (Å²) in [4.78, 5) is 14.6. The topological polar surface area (TPSA) is 41.6 Å². The van der Waals surface area contributed by atoms with E-state index in [1.165, 1.54) is 31.4 Å². The average Bonchev–Trinajstić information content (AvgIpc) is 2.64. The predicted octanol–water partition coefficient (Wildman–Crippen LogP) is 5.54. The molecule has 2 aromatic carbocycles. The zero-order valence-electron chi connectivity index (χ0n) is 15.1. The molecule has 1 saturated heterocycles. The van der Waals surface area contributed by atoms with Crippen LogP contribution in [0.4, 0.5) is 10.5 Å². The Labute approximate surface area is 160 Å². The maximum Gasteiger partial charge on any atom is 0.417 e. The predicted molar refractivity (Wildman–Crippen MR) is 106 cm³/mol. The zero-order chi connectivity index (χ0) is 18.4. The molecule has 1 N–H and O–H groups in total. The molecule has 1 aliphatic heterocycles. The van der Waals surface area contributed by atoms with Gasteiger partial charge in [0.1, 0.15) is 5.75 Å². The van der Waals surface area contributed by atoms with Crippen molar-refractivity contribution in [3.05, 3.63) is 59.1 Å². The molecule has 3 rings (SSSR count). The number of rotatable bonds is 5. The van der Waals surface area contributed by atoms with Crippen LogP contribution >= 0.6 is 11.6 Å². The Balaban J connectivity index is 1.61. The molecule has 26 heavy (non-hydrogen) atoms. The summed E-state index contributed by atoms with van der Waals surface area (Å²) in [5, 5.41) is 3.34. The SMILES string of the molecule is CCCN1CCCC(c2cccc(OC(=O)Nc3ccc(Cl)cc3)c2)C1. The monoisotopic (exact) mass is 372 g/mol.